The summed E-state index contributed by atoms with van der Waals surface area (Å²) in [7, 11) is 6.06. The molecule has 30 heavy (non-hydrogen) atoms. The van der Waals surface area contributed by atoms with Crippen molar-refractivity contribution < 1.29 is 9.15 Å². The highest BCUT2D eigenvalue weighted by Crippen LogP contribution is 2.29. The van der Waals surface area contributed by atoms with Gasteiger partial charge in [0.25, 0.3) is 0 Å². The van der Waals surface area contributed by atoms with Crippen LogP contribution in [0.5, 0.6) is 5.75 Å². The number of nitrogens with zero attached hydrogens (tertiary/aromatic N) is 2. The van der Waals surface area contributed by atoms with Crippen LogP contribution >= 0.6 is 15.9 Å². The summed E-state index contributed by atoms with van der Waals surface area (Å²) in [5.74, 6) is 2.35. The van der Waals surface area contributed by atoms with E-state index in [-0.39, 0.29) is 0 Å². The van der Waals surface area contributed by atoms with Crippen LogP contribution < -0.4 is 4.74 Å². The quantitative estimate of drug-likeness (QED) is 0.357. The lowest BCUT2D eigenvalue weighted by Crippen LogP contribution is -2.29. The lowest BCUT2D eigenvalue weighted by Gasteiger charge is -2.28. The first-order chi connectivity index (χ1) is 14.6. The zero-order valence-electron chi connectivity index (χ0n) is 17.1. The normalized spacial score (nSPS) is 14.9. The van der Waals surface area contributed by atoms with Crippen molar-refractivity contribution in [1.82, 2.24) is 9.79 Å². The van der Waals surface area contributed by atoms with Crippen LogP contribution in [0.25, 0.3) is 17.0 Å². The summed E-state index contributed by atoms with van der Waals surface area (Å²) in [4.78, 5) is 6.52. The third-order valence-electron chi connectivity index (χ3n) is 5.35. The van der Waals surface area contributed by atoms with Crippen LogP contribution in [0.2, 0.25) is 0 Å². The van der Waals surface area contributed by atoms with E-state index in [4.69, 9.17) is 17.1 Å². The van der Waals surface area contributed by atoms with Gasteiger partial charge in [-0.2, -0.15) is 0 Å². The van der Waals surface area contributed by atoms with Crippen molar-refractivity contribution in [2.75, 3.05) is 25.0 Å². The molecule has 1 aliphatic rings. The zero-order valence-corrected chi connectivity index (χ0v) is 18.7. The summed E-state index contributed by atoms with van der Waals surface area (Å²) in [5.41, 5.74) is 5.77. The third-order valence-corrected chi connectivity index (χ3v) is 6.03. The predicted octanol–water partition coefficient (Wildman–Crippen LogP) is 5.21. The number of oxazole rings is 1. The molecule has 152 valence electrons. The number of benzene rings is 2. The maximum absolute atomic E-state index is 6.06. The molecule has 1 aromatic heterocycles. The Labute approximate surface area is 187 Å². The molecule has 0 atom stereocenters. The molecule has 6 heteroatoms. The Morgan fingerprint density at radius 1 is 1.13 bits per heavy atom. The molecule has 0 amide bonds. The SMILES string of the molecule is [B]N1CCC(CBr)=C(c2cccc(OCCc3nc(-c4ccccc4)oc3C)c2)C1. The van der Waals surface area contributed by atoms with Crippen molar-refractivity contribution >= 4 is 29.5 Å². The fraction of sp³-hybridized carbons (Fsp3) is 0.292. The van der Waals surface area contributed by atoms with Gasteiger partial charge in [0, 0.05) is 23.9 Å². The Kier molecular flexibility index (Phi) is 6.75. The van der Waals surface area contributed by atoms with Crippen molar-refractivity contribution in [3.8, 4) is 17.2 Å². The lowest BCUT2D eigenvalue weighted by molar-refractivity contribution is 0.320. The van der Waals surface area contributed by atoms with E-state index in [1.807, 2.05) is 54.2 Å². The van der Waals surface area contributed by atoms with Crippen LogP contribution in [0.1, 0.15) is 23.4 Å². The Morgan fingerprint density at radius 3 is 2.73 bits per heavy atom. The average molecular weight is 463 g/mol. The first-order valence-electron chi connectivity index (χ1n) is 10.2. The fourth-order valence-corrected chi connectivity index (χ4v) is 4.29. The monoisotopic (exact) mass is 462 g/mol. The summed E-state index contributed by atoms with van der Waals surface area (Å²) < 4.78 is 11.9. The first kappa shape index (κ1) is 20.9. The van der Waals surface area contributed by atoms with Crippen molar-refractivity contribution in [3.63, 3.8) is 0 Å². The Balaban J connectivity index is 1.42. The zero-order chi connectivity index (χ0) is 20.9. The van der Waals surface area contributed by atoms with Crippen LogP contribution in [0, 0.1) is 6.92 Å². The summed E-state index contributed by atoms with van der Waals surface area (Å²) in [6.07, 6.45) is 1.68. The second-order valence-corrected chi connectivity index (χ2v) is 8.01. The van der Waals surface area contributed by atoms with E-state index in [1.54, 1.807) is 0 Å². The van der Waals surface area contributed by atoms with Gasteiger partial charge >= 0.3 is 0 Å². The second-order valence-electron chi connectivity index (χ2n) is 7.45. The van der Waals surface area contributed by atoms with Gasteiger partial charge in [0.2, 0.25) is 5.89 Å². The minimum absolute atomic E-state index is 0.540. The van der Waals surface area contributed by atoms with Gasteiger partial charge in [0.1, 0.15) is 11.5 Å². The molecule has 0 fully saturated rings. The molecule has 0 aliphatic carbocycles. The summed E-state index contributed by atoms with van der Waals surface area (Å²) >= 11 is 3.62. The second kappa shape index (κ2) is 9.67. The van der Waals surface area contributed by atoms with Crippen molar-refractivity contribution in [3.05, 3.63) is 77.2 Å². The number of aromatic nitrogens is 1. The number of hydrogen-bond donors (Lipinski definition) is 0. The number of rotatable bonds is 7. The summed E-state index contributed by atoms with van der Waals surface area (Å²) in [6, 6.07) is 18.2. The standard InChI is InChI=1S/C24H24BBrN2O2/c1-17-23(27-24(30-17)18-6-3-2-4-7-18)11-13-29-21-9-5-8-19(14-21)22-16-28(25)12-10-20(22)15-26/h2-9,14H,10-13,15-16H2,1H3. The lowest BCUT2D eigenvalue weighted by atomic mass is 9.93. The molecule has 0 unspecified atom stereocenters. The van der Waals surface area contributed by atoms with Gasteiger partial charge < -0.3 is 14.0 Å². The number of ether oxygens (including phenoxy) is 1. The molecule has 4 nitrogen and oxygen atoms in total. The largest absolute Gasteiger partial charge is 0.493 e. The average Bonchev–Trinajstić information content (AvgIpc) is 3.15. The van der Waals surface area contributed by atoms with Gasteiger partial charge in [-0.3, -0.25) is 0 Å². The van der Waals surface area contributed by atoms with Gasteiger partial charge in [0.05, 0.1) is 12.3 Å². The molecular formula is C24H24BBrN2O2. The smallest absolute Gasteiger partial charge is 0.226 e. The van der Waals surface area contributed by atoms with E-state index in [2.05, 4.69) is 33.0 Å². The molecule has 0 bridgehead atoms. The molecule has 3 aromatic rings. The molecule has 0 N–H and O–H groups in total. The summed E-state index contributed by atoms with van der Waals surface area (Å²) in [5, 5.41) is 0.871. The molecule has 0 saturated heterocycles. The Hall–Kier alpha value is -2.31. The van der Waals surface area contributed by atoms with Gasteiger partial charge in [-0.15, -0.1) is 0 Å². The van der Waals surface area contributed by atoms with Crippen molar-refractivity contribution in [2.24, 2.45) is 0 Å². The van der Waals surface area contributed by atoms with Crippen LogP contribution in [0.3, 0.4) is 0 Å². The third kappa shape index (κ3) is 4.88. The van der Waals surface area contributed by atoms with Crippen molar-refractivity contribution in [2.45, 2.75) is 19.8 Å². The minimum Gasteiger partial charge on any atom is -0.493 e. The van der Waals surface area contributed by atoms with E-state index >= 15 is 0 Å². The van der Waals surface area contributed by atoms with E-state index in [9.17, 15) is 0 Å². The van der Waals surface area contributed by atoms with Gasteiger partial charge in [-0.05, 0) is 55.3 Å². The highest BCUT2D eigenvalue weighted by Gasteiger charge is 2.17. The van der Waals surface area contributed by atoms with Gasteiger partial charge in [-0.25, -0.2) is 4.98 Å². The Morgan fingerprint density at radius 2 is 1.93 bits per heavy atom. The predicted molar refractivity (Wildman–Crippen MR) is 125 cm³/mol. The van der Waals surface area contributed by atoms with Gasteiger partial charge in [0.15, 0.2) is 7.98 Å². The molecule has 2 aromatic carbocycles. The highest BCUT2D eigenvalue weighted by atomic mass is 79.9. The molecule has 1 aliphatic heterocycles. The number of aryl methyl sites for hydroxylation is 1. The maximum atomic E-state index is 6.06. The molecule has 2 radical (unpaired) electrons. The van der Waals surface area contributed by atoms with Crippen LogP contribution in [-0.2, 0) is 6.42 Å². The highest BCUT2D eigenvalue weighted by molar-refractivity contribution is 9.09. The van der Waals surface area contributed by atoms with Crippen LogP contribution in [-0.4, -0.2) is 42.8 Å². The maximum Gasteiger partial charge on any atom is 0.226 e. The fourth-order valence-electron chi connectivity index (χ4n) is 3.67. The van der Waals surface area contributed by atoms with E-state index in [1.165, 1.54) is 16.7 Å². The molecular weight excluding hydrogens is 439 g/mol. The number of halogens is 1. The van der Waals surface area contributed by atoms with E-state index in [0.717, 1.165) is 47.6 Å². The topological polar surface area (TPSA) is 38.5 Å². The van der Waals surface area contributed by atoms with E-state index in [0.29, 0.717) is 18.9 Å². The van der Waals surface area contributed by atoms with Crippen LogP contribution in [0.4, 0.5) is 0 Å². The molecule has 0 spiro atoms. The number of hydrogen-bond acceptors (Lipinski definition) is 4. The summed E-state index contributed by atoms with van der Waals surface area (Å²) in [6.45, 7) is 4.14. The molecule has 4 rings (SSSR count). The minimum atomic E-state index is 0.540. The number of alkyl halides is 1. The van der Waals surface area contributed by atoms with Crippen LogP contribution in [0.15, 0.2) is 64.6 Å². The first-order valence-corrected chi connectivity index (χ1v) is 11.3. The van der Waals surface area contributed by atoms with E-state index < -0.39 is 0 Å². The van der Waals surface area contributed by atoms with Crippen molar-refractivity contribution in [1.29, 1.82) is 0 Å². The molecule has 0 saturated carbocycles. The Bertz CT molecular complexity index is 1030. The van der Waals surface area contributed by atoms with Gasteiger partial charge in [-0.1, -0.05) is 51.8 Å². The molecule has 2 heterocycles.